The summed E-state index contributed by atoms with van der Waals surface area (Å²) in [5.74, 6) is -0.205. The molecule has 0 saturated heterocycles. The Kier molecular flexibility index (Phi) is 5.62. The molecular weight excluding hydrogens is 394 g/mol. The van der Waals surface area contributed by atoms with E-state index < -0.39 is 16.4 Å². The summed E-state index contributed by atoms with van der Waals surface area (Å²) in [5, 5.41) is 25.1. The molecule has 31 heavy (non-hydrogen) atoms. The molecule has 0 spiro atoms. The second kappa shape index (κ2) is 8.83. The van der Waals surface area contributed by atoms with E-state index in [1.54, 1.807) is 0 Å². The highest BCUT2D eigenvalue weighted by molar-refractivity contribution is 5.86. The number of nitro groups is 1. The highest BCUT2D eigenvalue weighted by atomic mass is 16.6. The number of aromatic hydroxyl groups is 1. The number of nitrogens with zero attached hydrogens (tertiary/aromatic N) is 4. The van der Waals surface area contributed by atoms with Gasteiger partial charge in [-0.05, 0) is 12.1 Å². The van der Waals surface area contributed by atoms with Crippen molar-refractivity contribution in [1.29, 1.82) is 0 Å². The summed E-state index contributed by atoms with van der Waals surface area (Å²) in [4.78, 5) is 19.4. The van der Waals surface area contributed by atoms with Crippen LogP contribution in [0, 0.1) is 10.1 Å². The third kappa shape index (κ3) is 4.54. The minimum Gasteiger partial charge on any atom is -0.502 e. The lowest BCUT2D eigenvalue weighted by Gasteiger charge is -2.08. The molecule has 0 atom stereocenters. The Morgan fingerprint density at radius 1 is 0.871 bits per heavy atom. The average Bonchev–Trinajstić information content (AvgIpc) is 2.81. The highest BCUT2D eigenvalue weighted by Gasteiger charge is 2.15. The van der Waals surface area contributed by atoms with Gasteiger partial charge in [0.15, 0.2) is 0 Å². The number of benzene rings is 3. The molecule has 1 aromatic heterocycles. The molecule has 8 nitrogen and oxygen atoms in total. The van der Waals surface area contributed by atoms with Gasteiger partial charge >= 0.3 is 5.69 Å². The first-order valence-electron chi connectivity index (χ1n) is 9.37. The number of phenols is 1. The van der Waals surface area contributed by atoms with Crippen molar-refractivity contribution in [3.8, 4) is 28.3 Å². The van der Waals surface area contributed by atoms with E-state index in [1.807, 2.05) is 66.7 Å². The molecule has 0 aliphatic rings. The molecule has 4 aromatic rings. The normalized spacial score (nSPS) is 10.8. The van der Waals surface area contributed by atoms with Gasteiger partial charge in [0, 0.05) is 22.8 Å². The molecule has 0 bridgehead atoms. The van der Waals surface area contributed by atoms with E-state index in [0.717, 1.165) is 11.1 Å². The van der Waals surface area contributed by atoms with E-state index in [9.17, 15) is 15.2 Å². The quantitative estimate of drug-likeness (QED) is 0.266. The summed E-state index contributed by atoms with van der Waals surface area (Å²) >= 11 is 0. The third-order valence-corrected chi connectivity index (χ3v) is 4.48. The third-order valence-electron chi connectivity index (χ3n) is 4.48. The lowest BCUT2D eigenvalue weighted by molar-refractivity contribution is -0.385. The number of para-hydroxylation sites is 1. The van der Waals surface area contributed by atoms with E-state index in [4.69, 9.17) is 0 Å². The van der Waals surface area contributed by atoms with Crippen LogP contribution in [-0.4, -0.2) is 26.2 Å². The number of anilines is 1. The predicted molar refractivity (Wildman–Crippen MR) is 119 cm³/mol. The summed E-state index contributed by atoms with van der Waals surface area (Å²) < 4.78 is 0. The molecular formula is C23H17N5O3. The minimum atomic E-state index is -0.654. The molecule has 1 heterocycles. The number of hydrazone groups is 1. The maximum atomic E-state index is 11.0. The molecule has 0 amide bonds. The van der Waals surface area contributed by atoms with Gasteiger partial charge in [-0.15, -0.1) is 0 Å². The van der Waals surface area contributed by atoms with E-state index in [-0.39, 0.29) is 11.5 Å². The fraction of sp³-hybridized carbons (Fsp3) is 0. The first-order chi connectivity index (χ1) is 15.1. The summed E-state index contributed by atoms with van der Waals surface area (Å²) in [6, 6.07) is 25.5. The van der Waals surface area contributed by atoms with Gasteiger partial charge < -0.3 is 5.11 Å². The molecule has 0 aliphatic heterocycles. The highest BCUT2D eigenvalue weighted by Crippen LogP contribution is 2.28. The van der Waals surface area contributed by atoms with Crippen LogP contribution in [0.15, 0.2) is 90.0 Å². The standard InChI is InChI=1S/C23H17N5O3/c29-22-18(12-7-13-21(22)28(30)31)15-24-27-23-25-19(16-8-3-1-4-9-16)14-20(26-23)17-10-5-2-6-11-17/h1-15,29H,(H,25,26,27). The van der Waals surface area contributed by atoms with Crippen LogP contribution in [0.3, 0.4) is 0 Å². The topological polar surface area (TPSA) is 114 Å². The van der Waals surface area contributed by atoms with Crippen molar-refractivity contribution in [2.75, 3.05) is 5.43 Å². The second-order valence-corrected chi connectivity index (χ2v) is 6.54. The van der Waals surface area contributed by atoms with E-state index in [2.05, 4.69) is 20.5 Å². The zero-order valence-corrected chi connectivity index (χ0v) is 16.2. The number of hydrogen-bond acceptors (Lipinski definition) is 7. The number of nitrogens with one attached hydrogen (secondary N) is 1. The van der Waals surface area contributed by atoms with Crippen LogP contribution < -0.4 is 5.43 Å². The number of nitro benzene ring substituents is 1. The van der Waals surface area contributed by atoms with Gasteiger partial charge in [-0.3, -0.25) is 10.1 Å². The van der Waals surface area contributed by atoms with Crippen LogP contribution in [0.2, 0.25) is 0 Å². The maximum absolute atomic E-state index is 11.0. The number of aromatic nitrogens is 2. The van der Waals surface area contributed by atoms with Crippen molar-refractivity contribution in [2.24, 2.45) is 5.10 Å². The largest absolute Gasteiger partial charge is 0.502 e. The Balaban J connectivity index is 1.67. The lowest BCUT2D eigenvalue weighted by atomic mass is 10.1. The van der Waals surface area contributed by atoms with Gasteiger partial charge in [0.25, 0.3) is 0 Å². The van der Waals surface area contributed by atoms with Crippen LogP contribution in [0.1, 0.15) is 5.56 Å². The molecule has 0 unspecified atom stereocenters. The molecule has 0 aliphatic carbocycles. The summed E-state index contributed by atoms with van der Waals surface area (Å²) in [7, 11) is 0. The number of phenolic OH excluding ortho intramolecular Hbond substituents is 1. The van der Waals surface area contributed by atoms with Gasteiger partial charge in [0.1, 0.15) is 0 Å². The Morgan fingerprint density at radius 3 is 2.00 bits per heavy atom. The van der Waals surface area contributed by atoms with Gasteiger partial charge in [-0.2, -0.15) is 5.10 Å². The smallest absolute Gasteiger partial charge is 0.311 e. The average molecular weight is 411 g/mol. The second-order valence-electron chi connectivity index (χ2n) is 6.54. The Bertz CT molecular complexity index is 1190. The molecule has 0 radical (unpaired) electrons. The molecule has 3 aromatic carbocycles. The molecule has 0 saturated carbocycles. The molecule has 2 N–H and O–H groups in total. The fourth-order valence-electron chi connectivity index (χ4n) is 2.97. The Morgan fingerprint density at radius 2 is 1.45 bits per heavy atom. The predicted octanol–water partition coefficient (Wildman–Crippen LogP) is 4.87. The van der Waals surface area contributed by atoms with Crippen molar-refractivity contribution >= 4 is 17.9 Å². The van der Waals surface area contributed by atoms with Gasteiger partial charge in [-0.25, -0.2) is 15.4 Å². The first-order valence-corrected chi connectivity index (χ1v) is 9.37. The van der Waals surface area contributed by atoms with Crippen LogP contribution in [0.5, 0.6) is 5.75 Å². The minimum absolute atomic E-state index is 0.198. The van der Waals surface area contributed by atoms with Crippen molar-refractivity contribution in [1.82, 2.24) is 9.97 Å². The Labute approximate surface area is 177 Å². The van der Waals surface area contributed by atoms with Crippen molar-refractivity contribution in [2.45, 2.75) is 0 Å². The zero-order chi connectivity index (χ0) is 21.6. The van der Waals surface area contributed by atoms with E-state index in [0.29, 0.717) is 11.4 Å². The summed E-state index contributed by atoms with van der Waals surface area (Å²) in [5.41, 5.74) is 5.83. The van der Waals surface area contributed by atoms with Gasteiger partial charge in [0.2, 0.25) is 11.7 Å². The fourth-order valence-corrected chi connectivity index (χ4v) is 2.97. The molecule has 0 fully saturated rings. The van der Waals surface area contributed by atoms with Crippen LogP contribution in [0.25, 0.3) is 22.5 Å². The van der Waals surface area contributed by atoms with Crippen molar-refractivity contribution < 1.29 is 10.0 Å². The number of hydrogen-bond donors (Lipinski definition) is 2. The lowest BCUT2D eigenvalue weighted by Crippen LogP contribution is -2.00. The van der Waals surface area contributed by atoms with Gasteiger partial charge in [0.05, 0.1) is 22.5 Å². The summed E-state index contributed by atoms with van der Waals surface area (Å²) in [6.45, 7) is 0. The van der Waals surface area contributed by atoms with Crippen LogP contribution in [0.4, 0.5) is 11.6 Å². The SMILES string of the molecule is O=[N+]([O-])c1cccc(C=NNc2nc(-c3ccccc3)cc(-c3ccccc3)n2)c1O. The number of rotatable bonds is 6. The van der Waals surface area contributed by atoms with E-state index >= 15 is 0 Å². The van der Waals surface area contributed by atoms with E-state index in [1.165, 1.54) is 24.4 Å². The summed E-state index contributed by atoms with van der Waals surface area (Å²) in [6.07, 6.45) is 1.28. The monoisotopic (exact) mass is 411 g/mol. The molecule has 8 heteroatoms. The first kappa shape index (κ1) is 19.7. The molecule has 4 rings (SSSR count). The Hall–Kier alpha value is -4.59. The van der Waals surface area contributed by atoms with Gasteiger partial charge in [-0.1, -0.05) is 66.7 Å². The zero-order valence-electron chi connectivity index (χ0n) is 16.2. The molecule has 152 valence electrons. The maximum Gasteiger partial charge on any atom is 0.311 e. The van der Waals surface area contributed by atoms with Crippen molar-refractivity contribution in [3.63, 3.8) is 0 Å². The van der Waals surface area contributed by atoms with Crippen LogP contribution in [-0.2, 0) is 0 Å². The van der Waals surface area contributed by atoms with Crippen LogP contribution >= 0.6 is 0 Å². The van der Waals surface area contributed by atoms with Crippen molar-refractivity contribution in [3.05, 3.63) is 101 Å².